The summed E-state index contributed by atoms with van der Waals surface area (Å²) in [6.45, 7) is 5.11. The number of benzene rings is 3. The van der Waals surface area contributed by atoms with E-state index in [1.54, 1.807) is 13.2 Å². The average molecular weight is 527 g/mol. The maximum Gasteiger partial charge on any atom is 0.131 e. The molecule has 0 N–H and O–H groups in total. The number of halogens is 1. The summed E-state index contributed by atoms with van der Waals surface area (Å²) in [5.74, 6) is 1.76. The van der Waals surface area contributed by atoms with E-state index in [0.29, 0.717) is 23.8 Å². The first-order chi connectivity index (χ1) is 18.8. The molecule has 3 aliphatic rings. The van der Waals surface area contributed by atoms with Gasteiger partial charge < -0.3 is 14.3 Å². The van der Waals surface area contributed by atoms with Crippen molar-refractivity contribution in [2.45, 2.75) is 83.2 Å². The van der Waals surface area contributed by atoms with E-state index in [-0.39, 0.29) is 22.6 Å². The van der Waals surface area contributed by atoms with Gasteiger partial charge in [-0.1, -0.05) is 44.5 Å². The molecule has 0 saturated heterocycles. The Morgan fingerprint density at radius 2 is 1.77 bits per heavy atom. The lowest BCUT2D eigenvalue weighted by Gasteiger charge is -2.51. The molecule has 0 bridgehead atoms. The van der Waals surface area contributed by atoms with Crippen LogP contribution in [0, 0.1) is 17.2 Å². The zero-order valence-electron chi connectivity index (χ0n) is 23.4. The lowest BCUT2D eigenvalue weighted by molar-refractivity contribution is -0.117. The molecule has 0 heterocycles. The molecule has 0 radical (unpaired) electrons. The van der Waals surface area contributed by atoms with Gasteiger partial charge in [0.25, 0.3) is 0 Å². The highest BCUT2D eigenvalue weighted by atomic mass is 19.1. The first-order valence-electron chi connectivity index (χ1n) is 14.5. The largest absolute Gasteiger partial charge is 0.497 e. The molecule has 3 aliphatic carbocycles. The number of aldehydes is 1. The van der Waals surface area contributed by atoms with Gasteiger partial charge >= 0.3 is 0 Å². The smallest absolute Gasteiger partial charge is 0.131 e. The van der Waals surface area contributed by atoms with Crippen molar-refractivity contribution in [1.82, 2.24) is 0 Å². The number of fused-ring (bicyclic) bond motifs is 2. The van der Waals surface area contributed by atoms with E-state index >= 15 is 4.39 Å². The minimum atomic E-state index is -0.232. The number of aryl methyl sites for hydroxylation is 1. The van der Waals surface area contributed by atoms with E-state index < -0.39 is 0 Å². The Hall–Kier alpha value is -3.14. The Morgan fingerprint density at radius 1 is 0.923 bits per heavy atom. The van der Waals surface area contributed by atoms with Crippen LogP contribution in [0.1, 0.15) is 87.0 Å². The number of carbonyl (C=O) groups excluding carboxylic acids is 1. The number of rotatable bonds is 7. The van der Waals surface area contributed by atoms with Crippen molar-refractivity contribution < 1.29 is 18.7 Å². The molecule has 2 saturated carbocycles. The minimum Gasteiger partial charge on any atom is -0.497 e. The Kier molecular flexibility index (Phi) is 6.77. The molecule has 3 nitrogen and oxygen atoms in total. The zero-order valence-corrected chi connectivity index (χ0v) is 23.4. The van der Waals surface area contributed by atoms with Crippen molar-refractivity contribution in [1.29, 1.82) is 0 Å². The molecule has 1 spiro atoms. The second-order valence-corrected chi connectivity index (χ2v) is 12.6. The molecule has 6 rings (SSSR count). The molecular weight excluding hydrogens is 487 g/mol. The molecule has 204 valence electrons. The number of hydrogen-bond donors (Lipinski definition) is 0. The summed E-state index contributed by atoms with van der Waals surface area (Å²) in [4.78, 5) is 11.8. The van der Waals surface area contributed by atoms with Crippen LogP contribution in [0.5, 0.6) is 11.5 Å². The second-order valence-electron chi connectivity index (χ2n) is 12.6. The van der Waals surface area contributed by atoms with Crippen LogP contribution in [-0.4, -0.2) is 13.4 Å². The summed E-state index contributed by atoms with van der Waals surface area (Å²) in [6, 6.07) is 17.8. The van der Waals surface area contributed by atoms with Crippen LogP contribution in [0.2, 0.25) is 0 Å². The standard InChI is InChI=1S/C35H39FO3/c1-34(2)15-5-7-31(34)29-18-23(8-12-28(29)30-19-26(38-3)11-13-33(30)36)22-39-27-10-9-24-6-4-16-35(32(24)20-27)17-14-25(35)21-37/h8-13,18-21,25,31H,4-7,14-17,22H2,1-3H3/t25-,31-,35-/m0/s1. The molecular formula is C35H39FO3. The highest BCUT2D eigenvalue weighted by molar-refractivity contribution is 5.71. The van der Waals surface area contributed by atoms with Crippen molar-refractivity contribution in [2.24, 2.45) is 11.3 Å². The molecule has 4 heteroatoms. The highest BCUT2D eigenvalue weighted by Gasteiger charge is 2.49. The van der Waals surface area contributed by atoms with Gasteiger partial charge in [-0.15, -0.1) is 0 Å². The highest BCUT2D eigenvalue weighted by Crippen LogP contribution is 2.55. The van der Waals surface area contributed by atoms with Gasteiger partial charge in [0.1, 0.15) is 30.2 Å². The fourth-order valence-corrected chi connectivity index (χ4v) is 7.70. The van der Waals surface area contributed by atoms with Crippen molar-refractivity contribution in [3.63, 3.8) is 0 Å². The van der Waals surface area contributed by atoms with E-state index in [1.807, 2.05) is 6.07 Å². The maximum atomic E-state index is 15.1. The summed E-state index contributed by atoms with van der Waals surface area (Å²) in [5.41, 5.74) is 6.66. The molecule has 3 atom stereocenters. The first-order valence-corrected chi connectivity index (χ1v) is 14.5. The Morgan fingerprint density at radius 3 is 2.49 bits per heavy atom. The summed E-state index contributed by atoms with van der Waals surface area (Å²) in [7, 11) is 1.62. The van der Waals surface area contributed by atoms with Crippen molar-refractivity contribution in [2.75, 3.05) is 7.11 Å². The van der Waals surface area contributed by atoms with Crippen LogP contribution < -0.4 is 9.47 Å². The quantitative estimate of drug-likeness (QED) is 0.289. The van der Waals surface area contributed by atoms with Crippen LogP contribution >= 0.6 is 0 Å². The minimum absolute atomic E-state index is 0.0123. The van der Waals surface area contributed by atoms with Gasteiger partial charge in [-0.3, -0.25) is 0 Å². The summed E-state index contributed by atoms with van der Waals surface area (Å²) >= 11 is 0. The monoisotopic (exact) mass is 526 g/mol. The Balaban J connectivity index is 1.31. The summed E-state index contributed by atoms with van der Waals surface area (Å²) in [5, 5.41) is 0. The predicted octanol–water partition coefficient (Wildman–Crippen LogP) is 8.56. The van der Waals surface area contributed by atoms with Gasteiger partial charge in [0.2, 0.25) is 0 Å². The van der Waals surface area contributed by atoms with E-state index in [4.69, 9.17) is 9.47 Å². The molecule has 39 heavy (non-hydrogen) atoms. The van der Waals surface area contributed by atoms with E-state index in [2.05, 4.69) is 50.2 Å². The lowest BCUT2D eigenvalue weighted by Crippen LogP contribution is -2.47. The van der Waals surface area contributed by atoms with Gasteiger partial charge in [0.05, 0.1) is 7.11 Å². The van der Waals surface area contributed by atoms with E-state index in [0.717, 1.165) is 61.8 Å². The van der Waals surface area contributed by atoms with E-state index in [9.17, 15) is 4.79 Å². The summed E-state index contributed by atoms with van der Waals surface area (Å²) < 4.78 is 26.9. The van der Waals surface area contributed by atoms with Crippen LogP contribution in [-0.2, 0) is 23.2 Å². The van der Waals surface area contributed by atoms with Crippen LogP contribution in [0.3, 0.4) is 0 Å². The zero-order chi connectivity index (χ0) is 27.2. The number of carbonyl (C=O) groups is 1. The molecule has 0 aromatic heterocycles. The average Bonchev–Trinajstić information content (AvgIpc) is 3.30. The second kappa shape index (κ2) is 10.1. The van der Waals surface area contributed by atoms with Gasteiger partial charge in [0.15, 0.2) is 0 Å². The summed E-state index contributed by atoms with van der Waals surface area (Å²) in [6.07, 6.45) is 10.0. The van der Waals surface area contributed by atoms with Crippen molar-refractivity contribution >= 4 is 6.29 Å². The predicted molar refractivity (Wildman–Crippen MR) is 153 cm³/mol. The molecule has 0 unspecified atom stereocenters. The normalized spacial score (nSPS) is 25.1. The number of methoxy groups -OCH3 is 1. The maximum absolute atomic E-state index is 15.1. The molecule has 0 aliphatic heterocycles. The fraction of sp³-hybridized carbons (Fsp3) is 0.457. The number of hydrogen-bond acceptors (Lipinski definition) is 3. The Bertz CT molecular complexity index is 1390. The lowest BCUT2D eigenvalue weighted by atomic mass is 9.52. The van der Waals surface area contributed by atoms with Gasteiger partial charge in [-0.05, 0) is 114 Å². The van der Waals surface area contributed by atoms with Crippen LogP contribution in [0.4, 0.5) is 4.39 Å². The number of ether oxygens (including phenoxy) is 2. The van der Waals surface area contributed by atoms with Crippen molar-refractivity contribution in [3.05, 3.63) is 82.7 Å². The third-order valence-electron chi connectivity index (χ3n) is 10.1. The Labute approximate surface area is 231 Å². The van der Waals surface area contributed by atoms with Crippen molar-refractivity contribution in [3.8, 4) is 22.6 Å². The SMILES string of the molecule is COc1ccc(F)c(-c2ccc(COc3ccc4c(c3)[C@@]3(CCC4)CC[C@H]3C=O)cc2[C@@H]2CCCC2(C)C)c1. The third kappa shape index (κ3) is 4.56. The molecule has 0 amide bonds. The van der Waals surface area contributed by atoms with E-state index in [1.165, 1.54) is 35.5 Å². The molecule has 2 fully saturated rings. The molecule has 3 aromatic carbocycles. The van der Waals surface area contributed by atoms with Crippen LogP contribution in [0.15, 0.2) is 54.6 Å². The fourth-order valence-electron chi connectivity index (χ4n) is 7.70. The van der Waals surface area contributed by atoms with Gasteiger partial charge in [0, 0.05) is 16.9 Å². The van der Waals surface area contributed by atoms with Crippen LogP contribution in [0.25, 0.3) is 11.1 Å². The third-order valence-corrected chi connectivity index (χ3v) is 10.1. The topological polar surface area (TPSA) is 35.5 Å². The molecule has 3 aromatic rings. The first kappa shape index (κ1) is 26.1. The van der Waals surface area contributed by atoms with Gasteiger partial charge in [-0.25, -0.2) is 4.39 Å². The van der Waals surface area contributed by atoms with Gasteiger partial charge in [-0.2, -0.15) is 0 Å².